The van der Waals surface area contributed by atoms with Crippen LogP contribution in [0.1, 0.15) is 30.5 Å². The second-order valence-corrected chi connectivity index (χ2v) is 12.6. The third-order valence-electron chi connectivity index (χ3n) is 9.95. The predicted molar refractivity (Wildman–Crippen MR) is 192 cm³/mol. The third kappa shape index (κ3) is 3.54. The molecule has 0 spiro atoms. The number of fused-ring (bicyclic) bond motifs is 9. The lowest BCUT2D eigenvalue weighted by atomic mass is 9.90. The van der Waals surface area contributed by atoms with Crippen molar-refractivity contribution < 1.29 is 4.42 Å². The zero-order chi connectivity index (χ0) is 30.4. The second kappa shape index (κ2) is 9.60. The van der Waals surface area contributed by atoms with Gasteiger partial charge in [0, 0.05) is 38.3 Å². The van der Waals surface area contributed by atoms with Gasteiger partial charge in [0.05, 0.1) is 22.2 Å². The van der Waals surface area contributed by atoms with Crippen molar-refractivity contribution in [1.82, 2.24) is 9.13 Å². The molecule has 218 valence electrons. The minimum Gasteiger partial charge on any atom is -0.454 e. The monoisotopic (exact) mass is 590 g/mol. The van der Waals surface area contributed by atoms with Crippen LogP contribution in [0.5, 0.6) is 0 Å². The van der Waals surface area contributed by atoms with E-state index in [9.17, 15) is 0 Å². The molecule has 0 N–H and O–H groups in total. The number of aromatic nitrogens is 2. The van der Waals surface area contributed by atoms with Crippen LogP contribution in [0.3, 0.4) is 0 Å². The molecular formula is C43H30N2O. The van der Waals surface area contributed by atoms with E-state index in [0.717, 1.165) is 34.0 Å². The van der Waals surface area contributed by atoms with Gasteiger partial charge in [-0.15, -0.1) is 0 Å². The van der Waals surface area contributed by atoms with Crippen molar-refractivity contribution in [1.29, 1.82) is 0 Å². The van der Waals surface area contributed by atoms with Crippen molar-refractivity contribution in [3.63, 3.8) is 0 Å². The molecule has 1 aliphatic rings. The number of allylic oxidation sites excluding steroid dienone is 1. The molecule has 1 unspecified atom stereocenters. The number of hydrogen-bond acceptors (Lipinski definition) is 1. The average molecular weight is 591 g/mol. The number of hydrogen-bond donors (Lipinski definition) is 0. The Kier molecular flexibility index (Phi) is 5.32. The molecule has 0 aliphatic heterocycles. The number of para-hydroxylation sites is 4. The zero-order valence-electron chi connectivity index (χ0n) is 25.4. The first-order chi connectivity index (χ1) is 22.7. The van der Waals surface area contributed by atoms with Gasteiger partial charge >= 0.3 is 0 Å². The molecule has 0 radical (unpaired) electrons. The van der Waals surface area contributed by atoms with Crippen LogP contribution in [-0.2, 0) is 0 Å². The van der Waals surface area contributed by atoms with Gasteiger partial charge in [-0.2, -0.15) is 0 Å². The molecule has 3 heteroatoms. The molecule has 1 aliphatic carbocycles. The molecule has 0 saturated heterocycles. The smallest absolute Gasteiger partial charge is 0.159 e. The van der Waals surface area contributed by atoms with Crippen molar-refractivity contribution in [2.24, 2.45) is 0 Å². The molecule has 1 atom stereocenters. The summed E-state index contributed by atoms with van der Waals surface area (Å²) < 4.78 is 11.3. The van der Waals surface area contributed by atoms with Crippen LogP contribution < -0.4 is 0 Å². The van der Waals surface area contributed by atoms with E-state index in [1.807, 2.05) is 6.07 Å². The Labute approximate surface area is 266 Å². The Morgan fingerprint density at radius 3 is 2.09 bits per heavy atom. The lowest BCUT2D eigenvalue weighted by molar-refractivity contribution is 0.666. The molecule has 3 aromatic heterocycles. The van der Waals surface area contributed by atoms with E-state index < -0.39 is 0 Å². The summed E-state index contributed by atoms with van der Waals surface area (Å²) in [5, 5.41) is 6.10. The van der Waals surface area contributed by atoms with E-state index in [-0.39, 0.29) is 0 Å². The van der Waals surface area contributed by atoms with Crippen LogP contribution in [0.4, 0.5) is 0 Å². The van der Waals surface area contributed by atoms with Gasteiger partial charge in [0.15, 0.2) is 5.58 Å². The Morgan fingerprint density at radius 2 is 1.24 bits per heavy atom. The van der Waals surface area contributed by atoms with E-state index in [0.29, 0.717) is 5.92 Å². The van der Waals surface area contributed by atoms with E-state index >= 15 is 0 Å². The first-order valence-corrected chi connectivity index (χ1v) is 16.1. The third-order valence-corrected chi connectivity index (χ3v) is 9.95. The summed E-state index contributed by atoms with van der Waals surface area (Å²) in [5.74, 6) is 0.462. The zero-order valence-corrected chi connectivity index (χ0v) is 25.4. The van der Waals surface area contributed by atoms with Gasteiger partial charge in [-0.1, -0.05) is 91.9 Å². The molecule has 3 heterocycles. The first-order valence-electron chi connectivity index (χ1n) is 16.1. The maximum Gasteiger partial charge on any atom is 0.159 e. The van der Waals surface area contributed by atoms with Crippen molar-refractivity contribution in [3.05, 3.63) is 151 Å². The van der Waals surface area contributed by atoms with E-state index in [2.05, 4.69) is 156 Å². The highest BCUT2D eigenvalue weighted by molar-refractivity contribution is 6.13. The van der Waals surface area contributed by atoms with Gasteiger partial charge in [-0.25, -0.2) is 0 Å². The SMILES string of the molecule is CC1CC=Cc2c1c1cc(-c3ccc4c(c3)c3ccccc3n4-c3cccc4c3oc3ccccc34)ccc1n2-c1ccccc1. The van der Waals surface area contributed by atoms with Crippen LogP contribution in [-0.4, -0.2) is 9.13 Å². The largest absolute Gasteiger partial charge is 0.454 e. The summed E-state index contributed by atoms with van der Waals surface area (Å²) in [5.41, 5.74) is 12.9. The van der Waals surface area contributed by atoms with Crippen LogP contribution in [0.2, 0.25) is 0 Å². The van der Waals surface area contributed by atoms with Crippen LogP contribution in [0.25, 0.3) is 83.2 Å². The summed E-state index contributed by atoms with van der Waals surface area (Å²) >= 11 is 0. The van der Waals surface area contributed by atoms with E-state index in [4.69, 9.17) is 4.42 Å². The summed E-state index contributed by atoms with van der Waals surface area (Å²) in [4.78, 5) is 0. The first kappa shape index (κ1) is 25.5. The van der Waals surface area contributed by atoms with Gasteiger partial charge < -0.3 is 13.6 Å². The molecule has 3 nitrogen and oxygen atoms in total. The fourth-order valence-electron chi connectivity index (χ4n) is 7.87. The summed E-state index contributed by atoms with van der Waals surface area (Å²) in [6.07, 6.45) is 5.70. The maximum absolute atomic E-state index is 6.50. The van der Waals surface area contributed by atoms with Crippen molar-refractivity contribution in [2.75, 3.05) is 0 Å². The summed E-state index contributed by atoms with van der Waals surface area (Å²) in [6.45, 7) is 2.35. The van der Waals surface area contributed by atoms with Crippen LogP contribution in [0.15, 0.2) is 144 Å². The highest BCUT2D eigenvalue weighted by Crippen LogP contribution is 2.43. The minimum atomic E-state index is 0.462. The summed E-state index contributed by atoms with van der Waals surface area (Å²) in [7, 11) is 0. The van der Waals surface area contributed by atoms with Gasteiger partial charge in [0.2, 0.25) is 0 Å². The Bertz CT molecular complexity index is 2680. The quantitative estimate of drug-likeness (QED) is 0.201. The molecule has 0 saturated carbocycles. The molecule has 6 aromatic carbocycles. The summed E-state index contributed by atoms with van der Waals surface area (Å²) in [6, 6.07) is 48.2. The lowest BCUT2D eigenvalue weighted by Gasteiger charge is -2.16. The number of rotatable bonds is 3. The second-order valence-electron chi connectivity index (χ2n) is 12.6. The van der Waals surface area contributed by atoms with Crippen molar-refractivity contribution in [3.8, 4) is 22.5 Å². The molecule has 0 bridgehead atoms. The number of nitrogens with zero attached hydrogens (tertiary/aromatic N) is 2. The van der Waals surface area contributed by atoms with Gasteiger partial charge in [0.1, 0.15) is 5.58 Å². The lowest BCUT2D eigenvalue weighted by Crippen LogP contribution is -2.02. The minimum absolute atomic E-state index is 0.462. The Balaban J connectivity index is 1.19. The van der Waals surface area contributed by atoms with Gasteiger partial charge in [-0.05, 0) is 89.7 Å². The molecule has 0 fully saturated rings. The highest BCUT2D eigenvalue weighted by atomic mass is 16.3. The fraction of sp³-hybridized carbons (Fsp3) is 0.0698. The van der Waals surface area contributed by atoms with E-state index in [1.54, 1.807) is 0 Å². The molecule has 0 amide bonds. The average Bonchev–Trinajstić information content (AvgIpc) is 3.76. The fourth-order valence-corrected chi connectivity index (χ4v) is 7.87. The van der Waals surface area contributed by atoms with Crippen molar-refractivity contribution in [2.45, 2.75) is 19.3 Å². The molecule has 9 aromatic rings. The predicted octanol–water partition coefficient (Wildman–Crippen LogP) is 11.8. The topological polar surface area (TPSA) is 23.0 Å². The normalized spacial score (nSPS) is 14.7. The number of furan rings is 1. The maximum atomic E-state index is 6.50. The van der Waals surface area contributed by atoms with Crippen molar-refractivity contribution >= 4 is 60.7 Å². The van der Waals surface area contributed by atoms with Gasteiger partial charge in [0.25, 0.3) is 0 Å². The molecular weight excluding hydrogens is 560 g/mol. The van der Waals surface area contributed by atoms with Crippen LogP contribution >= 0.6 is 0 Å². The number of benzene rings is 6. The molecule has 46 heavy (non-hydrogen) atoms. The van der Waals surface area contributed by atoms with Gasteiger partial charge in [-0.3, -0.25) is 0 Å². The Morgan fingerprint density at radius 1 is 0.565 bits per heavy atom. The molecule has 10 rings (SSSR count). The van der Waals surface area contributed by atoms with Crippen LogP contribution in [0, 0.1) is 0 Å². The standard InChI is InChI=1S/C43H30N2O/c1-27-11-9-18-39-42(27)35-26-29(22-24-38(35)44(39)30-12-3-2-4-13-30)28-21-23-37-34(25-28)31-14-5-7-17-36(31)45(37)40-19-10-16-33-32-15-6-8-20-41(32)46-43(33)40/h2-10,12-27H,11H2,1H3. The van der Waals surface area contributed by atoms with E-state index in [1.165, 1.54) is 60.8 Å². The Hall–Kier alpha value is -5.80. The highest BCUT2D eigenvalue weighted by Gasteiger charge is 2.24.